The summed E-state index contributed by atoms with van der Waals surface area (Å²) in [6.45, 7) is 7.18. The number of nitrogens with zero attached hydrogens (tertiary/aromatic N) is 1. The summed E-state index contributed by atoms with van der Waals surface area (Å²) in [6.07, 6.45) is 0. The second-order valence-electron chi connectivity index (χ2n) is 5.19. The van der Waals surface area contributed by atoms with Crippen LogP contribution in [-0.4, -0.2) is 14.2 Å². The lowest BCUT2D eigenvalue weighted by Crippen LogP contribution is -2.40. The number of halogens is 1. The molecule has 0 aliphatic heterocycles. The van der Waals surface area contributed by atoms with Gasteiger partial charge in [0.2, 0.25) is 5.82 Å². The van der Waals surface area contributed by atoms with E-state index in [1.54, 1.807) is 6.92 Å². The highest BCUT2D eigenvalue weighted by molar-refractivity contribution is 7.90. The van der Waals surface area contributed by atoms with Gasteiger partial charge in [0, 0.05) is 17.4 Å². The molecule has 0 bridgehead atoms. The molecule has 1 aromatic carbocycles. The molecule has 0 aliphatic carbocycles. The third-order valence-electron chi connectivity index (χ3n) is 2.51. The molecule has 5 nitrogen and oxygen atoms in total. The molecule has 1 unspecified atom stereocenters. The van der Waals surface area contributed by atoms with Gasteiger partial charge in [-0.2, -0.15) is 4.39 Å². The second kappa shape index (κ2) is 5.85. The molecule has 0 fully saturated rings. The average molecular weight is 288 g/mol. The number of nitrogens with one attached hydrogen (secondary N) is 1. The molecule has 0 amide bonds. The van der Waals surface area contributed by atoms with Gasteiger partial charge >= 0.3 is 5.69 Å². The molecular formula is C12H17FN2O3S. The van der Waals surface area contributed by atoms with E-state index >= 15 is 0 Å². The van der Waals surface area contributed by atoms with Crippen molar-refractivity contribution in [2.24, 2.45) is 0 Å². The fourth-order valence-corrected chi connectivity index (χ4v) is 2.16. The van der Waals surface area contributed by atoms with Gasteiger partial charge in [0.05, 0.1) is 11.0 Å². The van der Waals surface area contributed by atoms with E-state index in [1.165, 1.54) is 6.07 Å². The standard InChI is InChI=1S/C12H17FN2O3S/c1-8(14-19(18)12(2,3)4)9-5-6-11(15(16)17)10(13)7-9/h5-8,14H,1-4H3/t8?,19-/m0/s1. The van der Waals surface area contributed by atoms with Crippen LogP contribution in [0.15, 0.2) is 18.2 Å². The van der Waals surface area contributed by atoms with Crippen molar-refractivity contribution in [3.05, 3.63) is 39.7 Å². The Labute approximate surface area is 114 Å². The minimum absolute atomic E-state index is 0.365. The van der Waals surface area contributed by atoms with Crippen molar-refractivity contribution in [1.29, 1.82) is 0 Å². The van der Waals surface area contributed by atoms with Crippen LogP contribution < -0.4 is 4.72 Å². The Morgan fingerprint density at radius 1 is 1.42 bits per heavy atom. The van der Waals surface area contributed by atoms with E-state index in [9.17, 15) is 19.1 Å². The second-order valence-corrected chi connectivity index (χ2v) is 7.19. The van der Waals surface area contributed by atoms with Crippen LogP contribution in [0.5, 0.6) is 0 Å². The van der Waals surface area contributed by atoms with Crippen LogP contribution in [0.4, 0.5) is 10.1 Å². The van der Waals surface area contributed by atoms with Crippen LogP contribution in [0.2, 0.25) is 0 Å². The maximum Gasteiger partial charge on any atom is 0.304 e. The fraction of sp³-hybridized carbons (Fsp3) is 0.500. The Morgan fingerprint density at radius 3 is 2.42 bits per heavy atom. The lowest BCUT2D eigenvalue weighted by molar-refractivity contribution is -0.387. The van der Waals surface area contributed by atoms with Gasteiger partial charge in [-0.3, -0.25) is 10.1 Å². The van der Waals surface area contributed by atoms with Crippen molar-refractivity contribution < 1.29 is 13.9 Å². The zero-order chi connectivity index (χ0) is 14.8. The van der Waals surface area contributed by atoms with E-state index in [-0.39, 0.29) is 6.04 Å². The smallest absolute Gasteiger partial charge is 0.304 e. The quantitative estimate of drug-likeness (QED) is 0.525. The van der Waals surface area contributed by atoms with Crippen LogP contribution in [0.3, 0.4) is 0 Å². The van der Waals surface area contributed by atoms with Gasteiger partial charge in [-0.1, -0.05) is 6.07 Å². The van der Waals surface area contributed by atoms with Crippen molar-refractivity contribution in [1.82, 2.24) is 4.72 Å². The minimum Gasteiger partial charge on any atom is -0.598 e. The minimum atomic E-state index is -1.29. The van der Waals surface area contributed by atoms with Gasteiger partial charge in [0.15, 0.2) is 0 Å². The Balaban J connectivity index is 2.87. The van der Waals surface area contributed by atoms with Crippen molar-refractivity contribution >= 4 is 17.0 Å². The summed E-state index contributed by atoms with van der Waals surface area (Å²) in [5.41, 5.74) is -0.0476. The number of benzene rings is 1. The normalized spacial score (nSPS) is 15.1. The first-order valence-electron chi connectivity index (χ1n) is 5.75. The van der Waals surface area contributed by atoms with Gasteiger partial charge in [0.25, 0.3) is 0 Å². The molecule has 1 aromatic rings. The topological polar surface area (TPSA) is 78.2 Å². The number of rotatable bonds is 4. The zero-order valence-corrected chi connectivity index (χ0v) is 12.1. The zero-order valence-electron chi connectivity index (χ0n) is 11.3. The van der Waals surface area contributed by atoms with Gasteiger partial charge in [0.1, 0.15) is 4.75 Å². The molecule has 2 atom stereocenters. The molecule has 0 aliphatic rings. The number of hydrogen-bond acceptors (Lipinski definition) is 4. The monoisotopic (exact) mass is 288 g/mol. The lowest BCUT2D eigenvalue weighted by atomic mass is 10.1. The Morgan fingerprint density at radius 2 is 2.00 bits per heavy atom. The van der Waals surface area contributed by atoms with Crippen molar-refractivity contribution in [2.45, 2.75) is 38.5 Å². The molecule has 19 heavy (non-hydrogen) atoms. The molecule has 0 aromatic heterocycles. The van der Waals surface area contributed by atoms with Gasteiger partial charge < -0.3 is 4.55 Å². The highest BCUT2D eigenvalue weighted by Crippen LogP contribution is 2.24. The van der Waals surface area contributed by atoms with Crippen molar-refractivity contribution in [3.63, 3.8) is 0 Å². The maximum absolute atomic E-state index is 13.5. The first-order chi connectivity index (χ1) is 8.62. The van der Waals surface area contributed by atoms with E-state index < -0.39 is 32.5 Å². The van der Waals surface area contributed by atoms with Gasteiger partial charge in [-0.15, -0.1) is 4.72 Å². The highest BCUT2D eigenvalue weighted by Gasteiger charge is 2.28. The fourth-order valence-electron chi connectivity index (χ4n) is 1.35. The van der Waals surface area contributed by atoms with Crippen LogP contribution in [-0.2, 0) is 11.4 Å². The molecule has 0 saturated heterocycles. The summed E-state index contributed by atoms with van der Waals surface area (Å²) in [5, 5.41) is 10.5. The summed E-state index contributed by atoms with van der Waals surface area (Å²) in [4.78, 5) is 9.74. The third kappa shape index (κ3) is 4.15. The van der Waals surface area contributed by atoms with E-state index in [2.05, 4.69) is 4.72 Å². The Hall–Kier alpha value is -1.18. The molecular weight excluding hydrogens is 271 g/mol. The van der Waals surface area contributed by atoms with Crippen LogP contribution in [0, 0.1) is 15.9 Å². The van der Waals surface area contributed by atoms with Gasteiger partial charge in [-0.05, 0) is 39.3 Å². The number of nitro benzene ring substituents is 1. The Kier molecular flexibility index (Phi) is 4.89. The first-order valence-corrected chi connectivity index (χ1v) is 6.90. The van der Waals surface area contributed by atoms with Crippen molar-refractivity contribution in [3.8, 4) is 0 Å². The summed E-state index contributed by atoms with van der Waals surface area (Å²) in [5.74, 6) is -0.891. The predicted octanol–water partition coefficient (Wildman–Crippen LogP) is 2.85. The SMILES string of the molecule is CC(N[S@@+]([O-])C(C)(C)C)c1ccc([N+](=O)[O-])c(F)c1. The van der Waals surface area contributed by atoms with E-state index in [0.717, 1.165) is 12.1 Å². The molecule has 0 spiro atoms. The highest BCUT2D eigenvalue weighted by atomic mass is 32.2. The van der Waals surface area contributed by atoms with E-state index in [1.807, 2.05) is 20.8 Å². The first kappa shape index (κ1) is 15.9. The van der Waals surface area contributed by atoms with Crippen LogP contribution in [0.25, 0.3) is 0 Å². The molecule has 7 heteroatoms. The molecule has 0 heterocycles. The number of hydrogen-bond donors (Lipinski definition) is 1. The lowest BCUT2D eigenvalue weighted by Gasteiger charge is -2.26. The maximum atomic E-state index is 13.5. The van der Waals surface area contributed by atoms with E-state index in [4.69, 9.17) is 0 Å². The number of nitro groups is 1. The summed E-state index contributed by atoms with van der Waals surface area (Å²) >= 11 is -1.29. The summed E-state index contributed by atoms with van der Waals surface area (Å²) in [7, 11) is 0. The van der Waals surface area contributed by atoms with Crippen molar-refractivity contribution in [2.75, 3.05) is 0 Å². The Bertz CT molecular complexity index is 477. The van der Waals surface area contributed by atoms with Crippen LogP contribution >= 0.6 is 0 Å². The molecule has 106 valence electrons. The predicted molar refractivity (Wildman–Crippen MR) is 72.5 cm³/mol. The molecule has 0 radical (unpaired) electrons. The third-order valence-corrected chi connectivity index (χ3v) is 4.19. The van der Waals surface area contributed by atoms with Crippen LogP contribution in [0.1, 0.15) is 39.3 Å². The largest absolute Gasteiger partial charge is 0.598 e. The average Bonchev–Trinajstić information content (AvgIpc) is 2.26. The summed E-state index contributed by atoms with van der Waals surface area (Å²) in [6, 6.07) is 3.30. The van der Waals surface area contributed by atoms with Gasteiger partial charge in [-0.25, -0.2) is 0 Å². The molecule has 1 N–H and O–H groups in total. The molecule has 1 rings (SSSR count). The molecule has 0 saturated carbocycles. The summed E-state index contributed by atoms with van der Waals surface area (Å²) < 4.78 is 27.8. The van der Waals surface area contributed by atoms with E-state index in [0.29, 0.717) is 5.56 Å².